The molecule has 0 aromatic carbocycles. The molecule has 6 heteroatoms. The smallest absolute Gasteiger partial charge is 0.277 e. The first-order valence-corrected chi connectivity index (χ1v) is 6.48. The van der Waals surface area contributed by atoms with Crippen LogP contribution in [0, 0.1) is 18.8 Å². The van der Waals surface area contributed by atoms with Crippen molar-refractivity contribution < 1.29 is 14.4 Å². The van der Waals surface area contributed by atoms with Crippen molar-refractivity contribution in [2.24, 2.45) is 11.8 Å². The van der Waals surface area contributed by atoms with Gasteiger partial charge in [-0.25, -0.2) is 4.79 Å². The molecule has 4 amide bonds. The zero-order chi connectivity index (χ0) is 14.9. The van der Waals surface area contributed by atoms with Crippen LogP contribution in [-0.2, 0) is 16.1 Å². The van der Waals surface area contributed by atoms with E-state index in [0.29, 0.717) is 0 Å². The molecule has 106 valence electrons. The van der Waals surface area contributed by atoms with Gasteiger partial charge < -0.3 is 0 Å². The fourth-order valence-electron chi connectivity index (χ4n) is 2.14. The average molecular weight is 275 g/mol. The van der Waals surface area contributed by atoms with Crippen molar-refractivity contribution in [2.75, 3.05) is 0 Å². The number of carbonyl (C=O) groups excluding carboxylic acids is 3. The Morgan fingerprint density at radius 2 is 2.00 bits per heavy atom. The Kier molecular flexibility index (Phi) is 3.83. The molecule has 1 aliphatic heterocycles. The number of aromatic nitrogens is 1. The minimum Gasteiger partial charge on any atom is -0.277 e. The minimum atomic E-state index is -0.814. The van der Waals surface area contributed by atoms with Crippen molar-refractivity contribution in [1.29, 1.82) is 0 Å². The van der Waals surface area contributed by atoms with E-state index in [4.69, 9.17) is 0 Å². The molecule has 1 aromatic rings. The number of aryl methyl sites for hydroxylation is 1. The molecule has 1 saturated heterocycles. The van der Waals surface area contributed by atoms with E-state index in [9.17, 15) is 14.4 Å². The first-order chi connectivity index (χ1) is 9.40. The Bertz CT molecular complexity index is 551. The summed E-state index contributed by atoms with van der Waals surface area (Å²) in [6.07, 6.45) is 1.62. The van der Waals surface area contributed by atoms with Gasteiger partial charge >= 0.3 is 6.03 Å². The molecular weight excluding hydrogens is 258 g/mol. The maximum absolute atomic E-state index is 12.3. The van der Waals surface area contributed by atoms with Gasteiger partial charge in [0.25, 0.3) is 0 Å². The second-order valence-electron chi connectivity index (χ2n) is 5.25. The number of nitrogens with zero attached hydrogens (tertiary/aromatic N) is 2. The molecule has 2 rings (SSSR count). The summed E-state index contributed by atoms with van der Waals surface area (Å²) < 4.78 is 0. The lowest BCUT2D eigenvalue weighted by Gasteiger charge is -2.31. The highest BCUT2D eigenvalue weighted by molar-refractivity contribution is 6.16. The highest BCUT2D eigenvalue weighted by Crippen LogP contribution is 2.20. The number of nitrogens with one attached hydrogen (secondary N) is 1. The summed E-state index contributed by atoms with van der Waals surface area (Å²) in [6, 6.07) is 2.95. The van der Waals surface area contributed by atoms with Gasteiger partial charge in [0.1, 0.15) is 5.92 Å². The van der Waals surface area contributed by atoms with Crippen LogP contribution in [0.15, 0.2) is 18.3 Å². The predicted molar refractivity (Wildman–Crippen MR) is 71.4 cm³/mol. The minimum absolute atomic E-state index is 0.119. The van der Waals surface area contributed by atoms with E-state index in [1.165, 1.54) is 0 Å². The van der Waals surface area contributed by atoms with Crippen LogP contribution in [-0.4, -0.2) is 27.7 Å². The van der Waals surface area contributed by atoms with Gasteiger partial charge in [-0.15, -0.1) is 0 Å². The topological polar surface area (TPSA) is 79.4 Å². The van der Waals surface area contributed by atoms with E-state index in [2.05, 4.69) is 10.3 Å². The van der Waals surface area contributed by atoms with Crippen LogP contribution in [0.4, 0.5) is 4.79 Å². The fourth-order valence-corrected chi connectivity index (χ4v) is 2.14. The van der Waals surface area contributed by atoms with Gasteiger partial charge in [-0.3, -0.25) is 24.8 Å². The van der Waals surface area contributed by atoms with Crippen molar-refractivity contribution in [3.8, 4) is 0 Å². The molecule has 1 aromatic heterocycles. The highest BCUT2D eigenvalue weighted by atomic mass is 16.2. The Labute approximate surface area is 117 Å². The average Bonchev–Trinajstić information content (AvgIpc) is 2.36. The van der Waals surface area contributed by atoms with Crippen LogP contribution in [0.1, 0.15) is 25.1 Å². The van der Waals surface area contributed by atoms with Crippen LogP contribution < -0.4 is 5.32 Å². The first kappa shape index (κ1) is 14.2. The molecule has 0 aliphatic carbocycles. The van der Waals surface area contributed by atoms with Crippen LogP contribution in [0.25, 0.3) is 0 Å². The Hall–Kier alpha value is -2.24. The van der Waals surface area contributed by atoms with Crippen molar-refractivity contribution >= 4 is 17.8 Å². The number of barbiturate groups is 1. The SMILES string of the molecule is Cc1ccc(CN2C(=O)NC(=O)C(C(C)C)C2=O)cn1. The van der Waals surface area contributed by atoms with Crippen molar-refractivity contribution in [3.05, 3.63) is 29.6 Å². The highest BCUT2D eigenvalue weighted by Gasteiger charge is 2.41. The third-order valence-electron chi connectivity index (χ3n) is 3.27. The number of carbonyl (C=O) groups is 3. The van der Waals surface area contributed by atoms with Gasteiger partial charge in [0.2, 0.25) is 11.8 Å². The molecule has 1 fully saturated rings. The Balaban J connectivity index is 2.21. The molecule has 1 unspecified atom stereocenters. The van der Waals surface area contributed by atoms with Crippen molar-refractivity contribution in [3.63, 3.8) is 0 Å². The number of hydrogen-bond donors (Lipinski definition) is 1. The van der Waals surface area contributed by atoms with Crippen LogP contribution in [0.3, 0.4) is 0 Å². The van der Waals surface area contributed by atoms with Crippen LogP contribution in [0.5, 0.6) is 0 Å². The van der Waals surface area contributed by atoms with Gasteiger partial charge in [-0.2, -0.15) is 0 Å². The summed E-state index contributed by atoms with van der Waals surface area (Å²) >= 11 is 0. The van der Waals surface area contributed by atoms with Gasteiger partial charge in [0.05, 0.1) is 6.54 Å². The predicted octanol–water partition coefficient (Wildman–Crippen LogP) is 1.24. The second kappa shape index (κ2) is 5.40. The molecule has 0 bridgehead atoms. The third-order valence-corrected chi connectivity index (χ3v) is 3.27. The van der Waals surface area contributed by atoms with Crippen molar-refractivity contribution in [2.45, 2.75) is 27.3 Å². The van der Waals surface area contributed by atoms with E-state index in [1.54, 1.807) is 20.0 Å². The van der Waals surface area contributed by atoms with E-state index in [-0.39, 0.29) is 12.5 Å². The number of pyridine rings is 1. The normalized spacial score (nSPS) is 19.5. The lowest BCUT2D eigenvalue weighted by Crippen LogP contribution is -2.58. The van der Waals surface area contributed by atoms with Crippen LogP contribution >= 0.6 is 0 Å². The number of urea groups is 1. The van der Waals surface area contributed by atoms with E-state index in [0.717, 1.165) is 16.2 Å². The summed E-state index contributed by atoms with van der Waals surface area (Å²) in [4.78, 5) is 41.0. The molecule has 1 aliphatic rings. The maximum Gasteiger partial charge on any atom is 0.331 e. The molecule has 0 saturated carbocycles. The molecule has 0 radical (unpaired) electrons. The zero-order valence-electron chi connectivity index (χ0n) is 11.7. The van der Waals surface area contributed by atoms with E-state index in [1.807, 2.05) is 19.1 Å². The largest absolute Gasteiger partial charge is 0.331 e. The number of hydrogen-bond acceptors (Lipinski definition) is 4. The van der Waals surface area contributed by atoms with E-state index >= 15 is 0 Å². The Morgan fingerprint density at radius 3 is 2.55 bits per heavy atom. The number of imide groups is 2. The molecule has 20 heavy (non-hydrogen) atoms. The summed E-state index contributed by atoms with van der Waals surface area (Å²) in [7, 11) is 0. The first-order valence-electron chi connectivity index (χ1n) is 6.48. The summed E-state index contributed by atoms with van der Waals surface area (Å²) in [5.74, 6) is -1.94. The van der Waals surface area contributed by atoms with Gasteiger partial charge in [0, 0.05) is 11.9 Å². The van der Waals surface area contributed by atoms with Gasteiger partial charge in [-0.1, -0.05) is 19.9 Å². The monoisotopic (exact) mass is 275 g/mol. The number of amides is 4. The third kappa shape index (κ3) is 2.68. The molecule has 6 nitrogen and oxygen atoms in total. The lowest BCUT2D eigenvalue weighted by atomic mass is 9.92. The molecule has 1 atom stereocenters. The molecular formula is C14H17N3O3. The summed E-state index contributed by atoms with van der Waals surface area (Å²) in [5, 5.41) is 2.23. The zero-order valence-corrected chi connectivity index (χ0v) is 11.7. The lowest BCUT2D eigenvalue weighted by molar-refractivity contribution is -0.144. The second-order valence-corrected chi connectivity index (χ2v) is 5.25. The van der Waals surface area contributed by atoms with Crippen molar-refractivity contribution in [1.82, 2.24) is 15.2 Å². The maximum atomic E-state index is 12.3. The molecule has 2 heterocycles. The van der Waals surface area contributed by atoms with Crippen LogP contribution in [0.2, 0.25) is 0 Å². The fraction of sp³-hybridized carbons (Fsp3) is 0.429. The Morgan fingerprint density at radius 1 is 1.30 bits per heavy atom. The molecule has 0 spiro atoms. The number of rotatable bonds is 3. The molecule has 1 N–H and O–H groups in total. The summed E-state index contributed by atoms with van der Waals surface area (Å²) in [5.41, 5.74) is 1.61. The van der Waals surface area contributed by atoms with Gasteiger partial charge in [-0.05, 0) is 24.5 Å². The quantitative estimate of drug-likeness (QED) is 0.842. The van der Waals surface area contributed by atoms with Gasteiger partial charge in [0.15, 0.2) is 0 Å². The summed E-state index contributed by atoms with van der Waals surface area (Å²) in [6.45, 7) is 5.54. The van der Waals surface area contributed by atoms with E-state index < -0.39 is 23.8 Å². The standard InChI is InChI=1S/C14H17N3O3/c1-8(2)11-12(18)16-14(20)17(13(11)19)7-10-5-4-9(3)15-6-10/h4-6,8,11H,7H2,1-3H3,(H,16,18,20).